The number of allylic oxidation sites excluding steroid dienone is 1. The summed E-state index contributed by atoms with van der Waals surface area (Å²) in [6.07, 6.45) is 1.99. The molecule has 3 heteroatoms. The van der Waals surface area contributed by atoms with Crippen molar-refractivity contribution in [3.05, 3.63) is 52.0 Å². The van der Waals surface area contributed by atoms with Gasteiger partial charge < -0.3 is 4.74 Å². The van der Waals surface area contributed by atoms with Gasteiger partial charge in [-0.2, -0.15) is 0 Å². The predicted molar refractivity (Wildman–Crippen MR) is 70.5 cm³/mol. The van der Waals surface area contributed by atoms with Crippen molar-refractivity contribution in [2.24, 2.45) is 0 Å². The molecule has 0 aliphatic carbocycles. The van der Waals surface area contributed by atoms with Crippen molar-refractivity contribution in [1.82, 2.24) is 0 Å². The third-order valence-corrected chi connectivity index (χ3v) is 2.92. The van der Waals surface area contributed by atoms with Crippen LogP contribution in [0.15, 0.2) is 42.0 Å². The minimum Gasteiger partial charge on any atom is -0.489 e. The van der Waals surface area contributed by atoms with Crippen LogP contribution in [0, 0.1) is 0 Å². The molecule has 0 saturated carbocycles. The highest BCUT2D eigenvalue weighted by molar-refractivity contribution is 6.42. The Morgan fingerprint density at radius 1 is 1.38 bits per heavy atom. The molecule has 0 bridgehead atoms. The number of halogens is 2. The Labute approximate surface area is 106 Å². The molecular weight excluding hydrogens is 243 g/mol. The Kier molecular flexibility index (Phi) is 4.91. The van der Waals surface area contributed by atoms with E-state index in [2.05, 4.69) is 6.58 Å². The fraction of sp³-hybridized carbons (Fsp3) is 0.231. The summed E-state index contributed by atoms with van der Waals surface area (Å²) in [7, 11) is 0. The largest absolute Gasteiger partial charge is 0.489 e. The summed E-state index contributed by atoms with van der Waals surface area (Å²) in [4.78, 5) is 0. The molecule has 0 heterocycles. The summed E-state index contributed by atoms with van der Waals surface area (Å²) >= 11 is 11.7. The van der Waals surface area contributed by atoms with Gasteiger partial charge in [-0.1, -0.05) is 41.4 Å². The molecule has 86 valence electrons. The van der Waals surface area contributed by atoms with E-state index in [0.717, 1.165) is 11.1 Å². The minimum atomic E-state index is 0.490. The lowest BCUT2D eigenvalue weighted by Gasteiger charge is -2.09. The summed E-state index contributed by atoms with van der Waals surface area (Å²) in [5, 5.41) is 1.02. The zero-order valence-electron chi connectivity index (χ0n) is 9.39. The van der Waals surface area contributed by atoms with Gasteiger partial charge >= 0.3 is 0 Å². The van der Waals surface area contributed by atoms with Gasteiger partial charge in [0.1, 0.15) is 12.4 Å². The van der Waals surface area contributed by atoms with Crippen molar-refractivity contribution < 1.29 is 4.74 Å². The van der Waals surface area contributed by atoms with E-state index in [4.69, 9.17) is 27.9 Å². The number of ether oxygens (including phenoxy) is 1. The van der Waals surface area contributed by atoms with Crippen LogP contribution >= 0.6 is 23.2 Å². The number of hydrogen-bond acceptors (Lipinski definition) is 1. The van der Waals surface area contributed by atoms with Crippen LogP contribution in [-0.4, -0.2) is 6.61 Å². The summed E-state index contributed by atoms with van der Waals surface area (Å²) in [6, 6.07) is 5.21. The maximum Gasteiger partial charge on any atom is 0.121 e. The molecule has 0 aliphatic rings. The van der Waals surface area contributed by atoms with Gasteiger partial charge in [-0.05, 0) is 31.6 Å². The third-order valence-electron chi connectivity index (χ3n) is 2.18. The molecule has 0 radical (unpaired) electrons. The fourth-order valence-electron chi connectivity index (χ4n) is 1.18. The smallest absolute Gasteiger partial charge is 0.121 e. The topological polar surface area (TPSA) is 9.23 Å². The van der Waals surface area contributed by atoms with Crippen molar-refractivity contribution in [3.8, 4) is 5.75 Å². The van der Waals surface area contributed by atoms with Crippen molar-refractivity contribution >= 4 is 23.2 Å². The lowest BCUT2D eigenvalue weighted by molar-refractivity contribution is 0.354. The van der Waals surface area contributed by atoms with Crippen molar-refractivity contribution in [2.75, 3.05) is 6.61 Å². The molecule has 0 amide bonds. The van der Waals surface area contributed by atoms with E-state index in [1.54, 1.807) is 18.2 Å². The highest BCUT2D eigenvalue weighted by Gasteiger charge is 2.02. The van der Waals surface area contributed by atoms with Crippen LogP contribution < -0.4 is 4.74 Å². The molecule has 1 aromatic rings. The first kappa shape index (κ1) is 13.1. The van der Waals surface area contributed by atoms with E-state index in [9.17, 15) is 0 Å². The first-order chi connectivity index (χ1) is 7.54. The summed E-state index contributed by atoms with van der Waals surface area (Å²) in [6.45, 7) is 8.28. The molecular formula is C13H14Cl2O. The lowest BCUT2D eigenvalue weighted by Crippen LogP contribution is -2.01. The minimum absolute atomic E-state index is 0.490. The second kappa shape index (κ2) is 5.97. The fourth-order valence-corrected chi connectivity index (χ4v) is 1.47. The lowest BCUT2D eigenvalue weighted by atomic mass is 10.1. The van der Waals surface area contributed by atoms with Gasteiger partial charge in [0, 0.05) is 6.07 Å². The summed E-state index contributed by atoms with van der Waals surface area (Å²) in [5.41, 5.74) is 2.08. The SMILES string of the molecule is C=C(C)/C(=C/C)COc1ccc(Cl)c(Cl)c1. The van der Waals surface area contributed by atoms with Gasteiger partial charge in [0.05, 0.1) is 10.0 Å². The Hall–Kier alpha value is -0.920. The van der Waals surface area contributed by atoms with E-state index >= 15 is 0 Å². The molecule has 0 saturated heterocycles. The molecule has 0 atom stereocenters. The van der Waals surface area contributed by atoms with Crippen molar-refractivity contribution in [1.29, 1.82) is 0 Å². The zero-order chi connectivity index (χ0) is 12.1. The van der Waals surface area contributed by atoms with Gasteiger partial charge in [-0.15, -0.1) is 0 Å². The van der Waals surface area contributed by atoms with Crippen LogP contribution in [0.3, 0.4) is 0 Å². The maximum absolute atomic E-state index is 5.88. The van der Waals surface area contributed by atoms with Crippen LogP contribution in [0.4, 0.5) is 0 Å². The number of hydrogen-bond donors (Lipinski definition) is 0. The van der Waals surface area contributed by atoms with Crippen LogP contribution in [0.1, 0.15) is 13.8 Å². The second-order valence-electron chi connectivity index (χ2n) is 3.46. The Bertz CT molecular complexity index is 422. The average Bonchev–Trinajstić information content (AvgIpc) is 2.23. The highest BCUT2D eigenvalue weighted by atomic mass is 35.5. The van der Waals surface area contributed by atoms with Gasteiger partial charge in [0.2, 0.25) is 0 Å². The molecule has 0 spiro atoms. The first-order valence-corrected chi connectivity index (χ1v) is 5.69. The van der Waals surface area contributed by atoms with Crippen LogP contribution in [0.2, 0.25) is 10.0 Å². The Morgan fingerprint density at radius 2 is 2.06 bits per heavy atom. The van der Waals surface area contributed by atoms with E-state index < -0.39 is 0 Å². The van der Waals surface area contributed by atoms with Crippen LogP contribution in [-0.2, 0) is 0 Å². The molecule has 1 rings (SSSR count). The van der Waals surface area contributed by atoms with Crippen LogP contribution in [0.25, 0.3) is 0 Å². The molecule has 0 unspecified atom stereocenters. The standard InChI is InChI=1S/C13H14Cl2O/c1-4-10(9(2)3)8-16-11-5-6-12(14)13(15)7-11/h4-7H,2,8H2,1,3H3/b10-4+. The molecule has 1 aromatic carbocycles. The Morgan fingerprint density at radius 3 is 2.56 bits per heavy atom. The van der Waals surface area contributed by atoms with E-state index in [-0.39, 0.29) is 0 Å². The third kappa shape index (κ3) is 3.58. The van der Waals surface area contributed by atoms with Crippen molar-refractivity contribution in [2.45, 2.75) is 13.8 Å². The normalized spacial score (nSPS) is 11.4. The quantitative estimate of drug-likeness (QED) is 0.697. The predicted octanol–water partition coefficient (Wildman–Crippen LogP) is 4.89. The molecule has 1 nitrogen and oxygen atoms in total. The summed E-state index contributed by atoms with van der Waals surface area (Å²) in [5.74, 6) is 0.704. The molecule has 16 heavy (non-hydrogen) atoms. The van der Waals surface area contributed by atoms with Gasteiger partial charge in [0.15, 0.2) is 0 Å². The zero-order valence-corrected chi connectivity index (χ0v) is 10.9. The Balaban J connectivity index is 2.68. The molecule has 0 aromatic heterocycles. The summed E-state index contributed by atoms with van der Waals surface area (Å²) < 4.78 is 5.58. The maximum atomic E-state index is 5.88. The van der Waals surface area contributed by atoms with Gasteiger partial charge in [-0.3, -0.25) is 0 Å². The van der Waals surface area contributed by atoms with Crippen LogP contribution in [0.5, 0.6) is 5.75 Å². The second-order valence-corrected chi connectivity index (χ2v) is 4.27. The number of benzene rings is 1. The number of rotatable bonds is 4. The first-order valence-electron chi connectivity index (χ1n) is 4.93. The molecule has 0 N–H and O–H groups in total. The van der Waals surface area contributed by atoms with E-state index in [1.807, 2.05) is 19.9 Å². The van der Waals surface area contributed by atoms with Gasteiger partial charge in [-0.25, -0.2) is 0 Å². The molecule has 0 aliphatic heterocycles. The monoisotopic (exact) mass is 256 g/mol. The molecule has 0 fully saturated rings. The van der Waals surface area contributed by atoms with E-state index in [1.165, 1.54) is 0 Å². The van der Waals surface area contributed by atoms with Crippen molar-refractivity contribution in [3.63, 3.8) is 0 Å². The average molecular weight is 257 g/mol. The van der Waals surface area contributed by atoms with Gasteiger partial charge in [0.25, 0.3) is 0 Å². The van der Waals surface area contributed by atoms with E-state index in [0.29, 0.717) is 22.4 Å². The highest BCUT2D eigenvalue weighted by Crippen LogP contribution is 2.26.